The summed E-state index contributed by atoms with van der Waals surface area (Å²) in [6.45, 7) is 1.22. The lowest BCUT2D eigenvalue weighted by Crippen LogP contribution is -2.47. The Morgan fingerprint density at radius 3 is 2.44 bits per heavy atom. The number of piperidine rings is 1. The first-order chi connectivity index (χ1) is 15.5. The van der Waals surface area contributed by atoms with E-state index in [-0.39, 0.29) is 17.4 Å². The minimum Gasteiger partial charge on any atom is -0.469 e. The van der Waals surface area contributed by atoms with Crippen molar-refractivity contribution in [1.82, 2.24) is 4.31 Å². The number of carbonyl (C=O) groups excluding carboxylic acids is 1. The van der Waals surface area contributed by atoms with E-state index in [0.29, 0.717) is 26.2 Å². The minimum absolute atomic E-state index is 0.105. The van der Waals surface area contributed by atoms with Crippen LogP contribution in [-0.2, 0) is 30.9 Å². The molecule has 32 heavy (non-hydrogen) atoms. The van der Waals surface area contributed by atoms with Crippen LogP contribution in [-0.4, -0.2) is 45.5 Å². The predicted octanol–water partition coefficient (Wildman–Crippen LogP) is 3.86. The van der Waals surface area contributed by atoms with Crippen LogP contribution in [0.3, 0.4) is 0 Å². The Bertz CT molecular complexity index is 1180. The van der Waals surface area contributed by atoms with Crippen molar-refractivity contribution in [2.24, 2.45) is 11.8 Å². The van der Waals surface area contributed by atoms with Crippen LogP contribution in [0, 0.1) is 11.8 Å². The fourth-order valence-corrected chi connectivity index (χ4v) is 5.81. The summed E-state index contributed by atoms with van der Waals surface area (Å²) >= 11 is 0. The molecule has 0 N–H and O–H groups in total. The van der Waals surface area contributed by atoms with Gasteiger partial charge in [0.25, 0.3) is 0 Å². The SMILES string of the molecule is COC(=O)C1CC(COCc2ccccc2)CN(S(=O)(=O)c2ccc3ccccc3c2)C1. The third-order valence-corrected chi connectivity index (χ3v) is 7.69. The van der Waals surface area contributed by atoms with E-state index in [9.17, 15) is 13.2 Å². The van der Waals surface area contributed by atoms with Crippen molar-refractivity contribution >= 4 is 26.8 Å². The number of sulfonamides is 1. The van der Waals surface area contributed by atoms with Crippen LogP contribution in [0.5, 0.6) is 0 Å². The summed E-state index contributed by atoms with van der Waals surface area (Å²) in [7, 11) is -2.43. The largest absolute Gasteiger partial charge is 0.469 e. The molecule has 0 aromatic heterocycles. The van der Waals surface area contributed by atoms with Crippen LogP contribution < -0.4 is 0 Å². The Hall–Kier alpha value is -2.74. The average molecular weight is 454 g/mol. The summed E-state index contributed by atoms with van der Waals surface area (Å²) < 4.78 is 39.1. The van der Waals surface area contributed by atoms with E-state index in [1.165, 1.54) is 11.4 Å². The highest BCUT2D eigenvalue weighted by atomic mass is 32.2. The molecule has 1 saturated heterocycles. The molecule has 0 saturated carbocycles. The first kappa shape index (κ1) is 22.5. The predicted molar refractivity (Wildman–Crippen MR) is 122 cm³/mol. The second kappa shape index (κ2) is 9.81. The molecule has 7 heteroatoms. The quantitative estimate of drug-likeness (QED) is 0.508. The number of ether oxygens (including phenoxy) is 2. The molecule has 0 amide bonds. The molecule has 4 rings (SSSR count). The highest BCUT2D eigenvalue weighted by Gasteiger charge is 2.38. The third-order valence-electron chi connectivity index (χ3n) is 5.86. The van der Waals surface area contributed by atoms with Gasteiger partial charge in [-0.2, -0.15) is 4.31 Å². The van der Waals surface area contributed by atoms with Crippen molar-refractivity contribution < 1.29 is 22.7 Å². The molecule has 2 atom stereocenters. The summed E-state index contributed by atoms with van der Waals surface area (Å²) in [6.07, 6.45) is 0.533. The first-order valence-electron chi connectivity index (χ1n) is 10.7. The molecule has 2 unspecified atom stereocenters. The normalized spacial score (nSPS) is 19.7. The van der Waals surface area contributed by atoms with Gasteiger partial charge in [-0.15, -0.1) is 0 Å². The van der Waals surface area contributed by atoms with Gasteiger partial charge in [-0.25, -0.2) is 8.42 Å². The summed E-state index contributed by atoms with van der Waals surface area (Å²) in [6, 6.07) is 22.6. The minimum atomic E-state index is -3.77. The molecule has 1 fully saturated rings. The van der Waals surface area contributed by atoms with Crippen LogP contribution in [0.25, 0.3) is 10.8 Å². The maximum atomic E-state index is 13.5. The van der Waals surface area contributed by atoms with Crippen LogP contribution in [0.15, 0.2) is 77.7 Å². The summed E-state index contributed by atoms with van der Waals surface area (Å²) in [5, 5.41) is 1.84. The smallest absolute Gasteiger partial charge is 0.310 e. The van der Waals surface area contributed by atoms with Gasteiger partial charge in [0.2, 0.25) is 10.0 Å². The van der Waals surface area contributed by atoms with Gasteiger partial charge in [0.05, 0.1) is 31.1 Å². The molecule has 3 aromatic carbocycles. The average Bonchev–Trinajstić information content (AvgIpc) is 2.83. The molecule has 0 aliphatic carbocycles. The van der Waals surface area contributed by atoms with Crippen molar-refractivity contribution in [3.05, 3.63) is 78.4 Å². The zero-order valence-electron chi connectivity index (χ0n) is 18.0. The zero-order chi connectivity index (χ0) is 22.6. The van der Waals surface area contributed by atoms with E-state index in [4.69, 9.17) is 9.47 Å². The van der Waals surface area contributed by atoms with E-state index in [1.807, 2.05) is 60.7 Å². The number of methoxy groups -OCH3 is 1. The van der Waals surface area contributed by atoms with E-state index >= 15 is 0 Å². The molecule has 3 aromatic rings. The highest BCUT2D eigenvalue weighted by Crippen LogP contribution is 2.29. The number of benzene rings is 3. The molecular formula is C25H27NO5S. The Morgan fingerprint density at radius 2 is 1.69 bits per heavy atom. The standard InChI is InChI=1S/C25H27NO5S/c1-30-25(27)23-13-20(18-31-17-19-7-3-2-4-8-19)15-26(16-23)32(28,29)24-12-11-21-9-5-6-10-22(21)14-24/h2-12,14,20,23H,13,15-18H2,1H3. The van der Waals surface area contributed by atoms with Crippen molar-refractivity contribution in [2.75, 3.05) is 26.8 Å². The number of rotatable bonds is 7. The van der Waals surface area contributed by atoms with Gasteiger partial charge in [0, 0.05) is 13.1 Å². The molecule has 0 spiro atoms. The van der Waals surface area contributed by atoms with E-state index in [1.54, 1.807) is 12.1 Å². The van der Waals surface area contributed by atoms with E-state index < -0.39 is 21.9 Å². The second-order valence-electron chi connectivity index (χ2n) is 8.15. The van der Waals surface area contributed by atoms with E-state index in [2.05, 4.69) is 0 Å². The number of hydrogen-bond donors (Lipinski definition) is 0. The van der Waals surface area contributed by atoms with Crippen molar-refractivity contribution in [3.63, 3.8) is 0 Å². The number of esters is 1. The molecule has 0 bridgehead atoms. The molecule has 1 aliphatic rings. The Morgan fingerprint density at radius 1 is 0.969 bits per heavy atom. The first-order valence-corrected chi connectivity index (χ1v) is 12.1. The fourth-order valence-electron chi connectivity index (χ4n) is 4.21. The van der Waals surface area contributed by atoms with Gasteiger partial charge in [-0.3, -0.25) is 4.79 Å². The van der Waals surface area contributed by atoms with E-state index in [0.717, 1.165) is 16.3 Å². The van der Waals surface area contributed by atoms with Crippen molar-refractivity contribution in [2.45, 2.75) is 17.9 Å². The summed E-state index contributed by atoms with van der Waals surface area (Å²) in [4.78, 5) is 12.5. The van der Waals surface area contributed by atoms with Gasteiger partial charge in [0.15, 0.2) is 0 Å². The molecule has 1 heterocycles. The van der Waals surface area contributed by atoms with Crippen LogP contribution >= 0.6 is 0 Å². The maximum Gasteiger partial charge on any atom is 0.310 e. The third kappa shape index (κ3) is 5.01. The topological polar surface area (TPSA) is 72.9 Å². The van der Waals surface area contributed by atoms with Crippen LogP contribution in [0.1, 0.15) is 12.0 Å². The van der Waals surface area contributed by atoms with Gasteiger partial charge in [0.1, 0.15) is 0 Å². The lowest BCUT2D eigenvalue weighted by molar-refractivity contribution is -0.147. The monoisotopic (exact) mass is 453 g/mol. The Labute approximate surface area is 188 Å². The van der Waals surface area contributed by atoms with Crippen LogP contribution in [0.2, 0.25) is 0 Å². The van der Waals surface area contributed by atoms with Gasteiger partial charge in [-0.1, -0.05) is 60.7 Å². The molecule has 6 nitrogen and oxygen atoms in total. The summed E-state index contributed by atoms with van der Waals surface area (Å²) in [5.74, 6) is -1.02. The van der Waals surface area contributed by atoms with Crippen molar-refractivity contribution in [1.29, 1.82) is 0 Å². The number of carbonyl (C=O) groups is 1. The Balaban J connectivity index is 1.52. The van der Waals surface area contributed by atoms with Gasteiger partial charge < -0.3 is 9.47 Å². The molecule has 0 radical (unpaired) electrons. The number of fused-ring (bicyclic) bond motifs is 1. The Kier molecular flexibility index (Phi) is 6.89. The van der Waals surface area contributed by atoms with Gasteiger partial charge >= 0.3 is 5.97 Å². The zero-order valence-corrected chi connectivity index (χ0v) is 18.8. The molecular weight excluding hydrogens is 426 g/mol. The lowest BCUT2D eigenvalue weighted by Gasteiger charge is -2.35. The van der Waals surface area contributed by atoms with Gasteiger partial charge in [-0.05, 0) is 40.8 Å². The van der Waals surface area contributed by atoms with Crippen LogP contribution in [0.4, 0.5) is 0 Å². The van der Waals surface area contributed by atoms with Crippen molar-refractivity contribution in [3.8, 4) is 0 Å². The molecule has 168 valence electrons. The number of nitrogens with zero attached hydrogens (tertiary/aromatic N) is 1. The summed E-state index contributed by atoms with van der Waals surface area (Å²) in [5.41, 5.74) is 1.05. The fraction of sp³-hybridized carbons (Fsp3) is 0.320. The number of hydrogen-bond acceptors (Lipinski definition) is 5. The maximum absolute atomic E-state index is 13.5. The molecule has 1 aliphatic heterocycles. The second-order valence-corrected chi connectivity index (χ2v) is 10.1. The highest BCUT2D eigenvalue weighted by molar-refractivity contribution is 7.89. The lowest BCUT2D eigenvalue weighted by atomic mass is 9.91.